The summed E-state index contributed by atoms with van der Waals surface area (Å²) in [5.74, 6) is -0.512. The first kappa shape index (κ1) is 24.7. The number of aromatic nitrogens is 1. The van der Waals surface area contributed by atoms with Crippen molar-refractivity contribution in [3.63, 3.8) is 0 Å². The molecule has 2 aromatic carbocycles. The zero-order valence-electron chi connectivity index (χ0n) is 17.8. The lowest BCUT2D eigenvalue weighted by Crippen LogP contribution is -2.33. The molecule has 0 aliphatic carbocycles. The van der Waals surface area contributed by atoms with Crippen molar-refractivity contribution < 1.29 is 18.0 Å². The Morgan fingerprint density at radius 3 is 2.30 bits per heavy atom. The van der Waals surface area contributed by atoms with Gasteiger partial charge in [0.15, 0.2) is 5.78 Å². The first-order valence-corrected chi connectivity index (χ1v) is 11.3. The van der Waals surface area contributed by atoms with E-state index in [1.165, 1.54) is 12.1 Å². The fraction of sp³-hybridized carbons (Fsp3) is 0.208. The summed E-state index contributed by atoms with van der Waals surface area (Å²) >= 11 is 4.22. The smallest absolute Gasteiger partial charge is 0.293 e. The summed E-state index contributed by atoms with van der Waals surface area (Å²) in [6, 6.07) is 13.2. The number of halogens is 4. The molecule has 0 aliphatic heterocycles. The van der Waals surface area contributed by atoms with E-state index in [-0.39, 0.29) is 20.5 Å². The predicted octanol–water partition coefficient (Wildman–Crippen LogP) is 4.80. The molecule has 0 fully saturated rings. The Hall–Kier alpha value is -2.96. The lowest BCUT2D eigenvalue weighted by atomic mass is 9.87. The number of nitriles is 1. The van der Waals surface area contributed by atoms with Gasteiger partial charge in [-0.15, -0.1) is 11.3 Å². The molecule has 0 unspecified atom stereocenters. The van der Waals surface area contributed by atoms with Crippen LogP contribution in [0.2, 0.25) is 0 Å². The molecule has 33 heavy (non-hydrogen) atoms. The quantitative estimate of drug-likeness (QED) is 0.485. The lowest BCUT2D eigenvalue weighted by molar-refractivity contribution is -0.137. The fourth-order valence-corrected chi connectivity index (χ4v) is 4.35. The zero-order valence-corrected chi connectivity index (χ0v) is 20.2. The van der Waals surface area contributed by atoms with Gasteiger partial charge in [-0.05, 0) is 42.0 Å². The van der Waals surface area contributed by atoms with Crippen molar-refractivity contribution in [3.05, 3.63) is 83.7 Å². The van der Waals surface area contributed by atoms with Crippen LogP contribution in [0.15, 0.2) is 57.8 Å². The van der Waals surface area contributed by atoms with Crippen molar-refractivity contribution in [2.45, 2.75) is 26.9 Å². The minimum atomic E-state index is -4.62. The van der Waals surface area contributed by atoms with Crippen LogP contribution >= 0.6 is 27.3 Å². The van der Waals surface area contributed by atoms with Crippen LogP contribution in [0.25, 0.3) is 17.3 Å². The summed E-state index contributed by atoms with van der Waals surface area (Å²) in [5, 5.41) is 9.78. The summed E-state index contributed by atoms with van der Waals surface area (Å²) in [6.07, 6.45) is -3.05. The fourth-order valence-electron chi connectivity index (χ4n) is 2.99. The molecule has 3 rings (SSSR count). The second-order valence-corrected chi connectivity index (χ2v) is 10.2. The number of benzene rings is 2. The monoisotopic (exact) mass is 534 g/mol. The minimum Gasteiger partial charge on any atom is -0.293 e. The first-order chi connectivity index (χ1) is 15.3. The zero-order chi connectivity index (χ0) is 24.6. The van der Waals surface area contributed by atoms with Crippen LogP contribution in [0.4, 0.5) is 13.2 Å². The highest BCUT2D eigenvalue weighted by atomic mass is 79.9. The van der Waals surface area contributed by atoms with Crippen LogP contribution in [0.1, 0.15) is 31.9 Å². The normalized spacial score (nSPS) is 13.6. The molecule has 0 spiro atoms. The molecule has 0 saturated heterocycles. The number of hydrogen-bond acceptors (Lipinski definition) is 4. The molecule has 0 atom stereocenters. The van der Waals surface area contributed by atoms with E-state index in [0.717, 1.165) is 32.5 Å². The maximum Gasteiger partial charge on any atom is 0.416 e. The first-order valence-electron chi connectivity index (χ1n) is 9.69. The van der Waals surface area contributed by atoms with Crippen LogP contribution in [0.3, 0.4) is 0 Å². The number of hydrogen-bond donors (Lipinski definition) is 0. The van der Waals surface area contributed by atoms with E-state index in [9.17, 15) is 28.0 Å². The van der Waals surface area contributed by atoms with E-state index in [4.69, 9.17) is 0 Å². The second kappa shape index (κ2) is 9.12. The molecule has 0 aliphatic rings. The summed E-state index contributed by atoms with van der Waals surface area (Å²) < 4.78 is 42.0. The van der Waals surface area contributed by atoms with Crippen LogP contribution < -0.4 is 14.8 Å². The van der Waals surface area contributed by atoms with E-state index in [1.54, 1.807) is 51.1 Å². The molecule has 0 bridgehead atoms. The minimum absolute atomic E-state index is 0.00916. The van der Waals surface area contributed by atoms with Crippen molar-refractivity contribution in [2.75, 3.05) is 0 Å². The number of carbonyl (C=O) groups excluding carboxylic acids is 1. The summed E-state index contributed by atoms with van der Waals surface area (Å²) in [4.78, 5) is 26.3. The van der Waals surface area contributed by atoms with Gasteiger partial charge in [0.2, 0.25) is 0 Å². The van der Waals surface area contributed by atoms with Crippen LogP contribution in [0, 0.1) is 16.7 Å². The SMILES string of the molecule is CC(C)(C)C(=O)/C(C#N)=c1\s/c(=C\c2ccc(Br)cc2)c(=O)n1-c1cccc(C(F)(F)F)c1. The van der Waals surface area contributed by atoms with Gasteiger partial charge in [0, 0.05) is 9.89 Å². The molecular formula is C24H18BrF3N2O2S. The number of alkyl halides is 3. The van der Waals surface area contributed by atoms with Crippen molar-refractivity contribution in [1.82, 2.24) is 4.57 Å². The summed E-state index contributed by atoms with van der Waals surface area (Å²) in [6.45, 7) is 4.88. The van der Waals surface area contributed by atoms with Gasteiger partial charge in [0.05, 0.1) is 15.8 Å². The third-order valence-electron chi connectivity index (χ3n) is 4.66. The highest BCUT2D eigenvalue weighted by Crippen LogP contribution is 2.30. The van der Waals surface area contributed by atoms with Crippen molar-refractivity contribution >= 4 is 44.7 Å². The third kappa shape index (κ3) is 5.34. The van der Waals surface area contributed by atoms with E-state index >= 15 is 0 Å². The number of ketones is 1. The summed E-state index contributed by atoms with van der Waals surface area (Å²) in [7, 11) is 0. The molecule has 9 heteroatoms. The molecular weight excluding hydrogens is 517 g/mol. The molecule has 1 aromatic heterocycles. The molecule has 4 nitrogen and oxygen atoms in total. The van der Waals surface area contributed by atoms with Gasteiger partial charge in [-0.2, -0.15) is 18.4 Å². The van der Waals surface area contributed by atoms with Gasteiger partial charge < -0.3 is 0 Å². The molecule has 0 radical (unpaired) electrons. The van der Waals surface area contributed by atoms with Gasteiger partial charge in [0.25, 0.3) is 5.56 Å². The number of thiazole rings is 1. The average Bonchev–Trinajstić information content (AvgIpc) is 3.05. The van der Waals surface area contributed by atoms with Gasteiger partial charge in [0.1, 0.15) is 16.3 Å². The topological polar surface area (TPSA) is 62.9 Å². The molecule has 0 saturated carbocycles. The largest absolute Gasteiger partial charge is 0.416 e. The van der Waals surface area contributed by atoms with E-state index in [0.29, 0.717) is 5.56 Å². The average molecular weight is 535 g/mol. The number of nitrogens with zero attached hydrogens (tertiary/aromatic N) is 2. The highest BCUT2D eigenvalue weighted by Gasteiger charge is 2.31. The van der Waals surface area contributed by atoms with Crippen molar-refractivity contribution in [1.29, 1.82) is 5.26 Å². The Morgan fingerprint density at radius 2 is 1.76 bits per heavy atom. The molecule has 1 heterocycles. The predicted molar refractivity (Wildman–Crippen MR) is 125 cm³/mol. The molecule has 0 amide bonds. The lowest BCUT2D eigenvalue weighted by Gasteiger charge is -2.15. The Kier molecular flexibility index (Phi) is 6.82. The molecule has 3 aromatic rings. The Morgan fingerprint density at radius 1 is 1.12 bits per heavy atom. The second-order valence-electron chi connectivity index (χ2n) is 8.22. The Labute approximate surface area is 200 Å². The maximum absolute atomic E-state index is 13.3. The van der Waals surface area contributed by atoms with Crippen molar-refractivity contribution in [2.24, 2.45) is 5.41 Å². The Balaban J connectivity index is 2.44. The van der Waals surface area contributed by atoms with Crippen LogP contribution in [-0.2, 0) is 11.0 Å². The van der Waals surface area contributed by atoms with Gasteiger partial charge in [-0.3, -0.25) is 14.2 Å². The Bertz CT molecular complexity index is 1440. The number of rotatable bonds is 3. The third-order valence-corrected chi connectivity index (χ3v) is 6.28. The van der Waals surface area contributed by atoms with E-state index in [1.807, 2.05) is 6.07 Å². The number of Topliss-reactive ketones (excluding diaryl/α,β-unsaturated/α-hetero) is 1. The van der Waals surface area contributed by atoms with E-state index < -0.39 is 28.5 Å². The number of carbonyl (C=O) groups is 1. The van der Waals surface area contributed by atoms with E-state index in [2.05, 4.69) is 15.9 Å². The van der Waals surface area contributed by atoms with Crippen molar-refractivity contribution in [3.8, 4) is 11.8 Å². The van der Waals surface area contributed by atoms with Gasteiger partial charge in [-0.1, -0.05) is 54.9 Å². The highest BCUT2D eigenvalue weighted by molar-refractivity contribution is 9.10. The van der Waals surface area contributed by atoms with Crippen LogP contribution in [0.5, 0.6) is 0 Å². The summed E-state index contributed by atoms with van der Waals surface area (Å²) in [5.41, 5.74) is -2.17. The standard InChI is InChI=1S/C24H18BrF3N2O2S/c1-23(2,3)20(31)18(13-29)22-30(17-6-4-5-15(12-17)24(26,27)28)21(32)19(33-22)11-14-7-9-16(25)10-8-14/h4-12H,1-3H3/b19-11-,22-18-. The molecule has 0 N–H and O–H groups in total. The van der Waals surface area contributed by atoms with Crippen LogP contribution in [-0.4, -0.2) is 10.4 Å². The molecule has 170 valence electrons. The van der Waals surface area contributed by atoms with Gasteiger partial charge >= 0.3 is 6.18 Å². The van der Waals surface area contributed by atoms with Gasteiger partial charge in [-0.25, -0.2) is 0 Å². The maximum atomic E-state index is 13.3.